The predicted molar refractivity (Wildman–Crippen MR) is 103 cm³/mol. The Morgan fingerprint density at radius 2 is 1.85 bits per heavy atom. The van der Waals surface area contributed by atoms with E-state index in [1.165, 1.54) is 3.97 Å². The average Bonchev–Trinajstić information content (AvgIpc) is 3.01. The zero-order valence-corrected chi connectivity index (χ0v) is 15.5. The number of benzene rings is 2. The van der Waals surface area contributed by atoms with Crippen LogP contribution in [0, 0.1) is 0 Å². The monoisotopic (exact) mass is 372 g/mol. The molecular weight excluding hydrogens is 352 g/mol. The lowest BCUT2D eigenvalue weighted by Crippen LogP contribution is -2.23. The Morgan fingerprint density at radius 3 is 2.42 bits per heavy atom. The van der Waals surface area contributed by atoms with Gasteiger partial charge in [0.2, 0.25) is 16.0 Å². The highest BCUT2D eigenvalue weighted by molar-refractivity contribution is 7.90. The summed E-state index contributed by atoms with van der Waals surface area (Å²) in [7, 11) is -2.00. The van der Waals surface area contributed by atoms with E-state index in [4.69, 9.17) is 0 Å². The maximum atomic E-state index is 12.8. The van der Waals surface area contributed by atoms with Gasteiger partial charge >= 0.3 is 0 Å². The van der Waals surface area contributed by atoms with Crippen LogP contribution in [0.1, 0.15) is 25.0 Å². The van der Waals surface area contributed by atoms with Crippen LogP contribution in [-0.2, 0) is 10.0 Å². The largest absolute Gasteiger partial charge is 0.410 e. The highest BCUT2D eigenvalue weighted by Gasteiger charge is 2.25. The van der Waals surface area contributed by atoms with Crippen molar-refractivity contribution in [2.75, 3.05) is 12.4 Å². The third kappa shape index (κ3) is 2.92. The summed E-state index contributed by atoms with van der Waals surface area (Å²) in [5.74, 6) is 0.244. The molecular formula is C18H20N4O3S. The Morgan fingerprint density at radius 1 is 1.15 bits per heavy atom. The molecule has 0 bridgehead atoms. The quantitative estimate of drug-likeness (QED) is 0.408. The second-order valence-electron chi connectivity index (χ2n) is 6.06. The van der Waals surface area contributed by atoms with E-state index in [2.05, 4.69) is 15.5 Å². The third-order valence-corrected chi connectivity index (χ3v) is 6.18. The zero-order chi connectivity index (χ0) is 18.9. The van der Waals surface area contributed by atoms with Crippen molar-refractivity contribution in [3.8, 4) is 0 Å². The fourth-order valence-corrected chi connectivity index (χ4v) is 3.92. The molecule has 0 atom stereocenters. The minimum Gasteiger partial charge on any atom is -0.410 e. The van der Waals surface area contributed by atoms with E-state index in [1.807, 2.05) is 30.3 Å². The van der Waals surface area contributed by atoms with Crippen molar-refractivity contribution in [2.45, 2.75) is 19.1 Å². The van der Waals surface area contributed by atoms with Crippen LogP contribution < -0.4 is 5.32 Å². The van der Waals surface area contributed by atoms with Gasteiger partial charge in [-0.25, -0.2) is 17.4 Å². The highest BCUT2D eigenvalue weighted by atomic mass is 32.2. The SMILES string of the molecule is CNc1nc2ccc(/C(=N/O)c3ccccc3)cc2n1S(=O)(=O)C(C)C. The van der Waals surface area contributed by atoms with Crippen molar-refractivity contribution in [1.82, 2.24) is 8.96 Å². The molecule has 2 aromatic carbocycles. The summed E-state index contributed by atoms with van der Waals surface area (Å²) in [6.07, 6.45) is 0. The molecule has 0 saturated heterocycles. The summed E-state index contributed by atoms with van der Waals surface area (Å²) in [6.45, 7) is 3.24. The molecule has 7 nitrogen and oxygen atoms in total. The van der Waals surface area contributed by atoms with E-state index < -0.39 is 15.3 Å². The summed E-state index contributed by atoms with van der Waals surface area (Å²) in [6, 6.07) is 14.3. The van der Waals surface area contributed by atoms with E-state index >= 15 is 0 Å². The third-order valence-electron chi connectivity index (χ3n) is 4.11. The molecule has 0 amide bonds. The summed E-state index contributed by atoms with van der Waals surface area (Å²) in [4.78, 5) is 4.35. The average molecular weight is 372 g/mol. The molecule has 0 fully saturated rings. The molecule has 0 radical (unpaired) electrons. The maximum absolute atomic E-state index is 12.8. The van der Waals surface area contributed by atoms with Crippen LogP contribution in [0.25, 0.3) is 11.0 Å². The first kappa shape index (κ1) is 17.9. The van der Waals surface area contributed by atoms with Crippen LogP contribution in [0.15, 0.2) is 53.7 Å². The Kier molecular flexibility index (Phi) is 4.69. The van der Waals surface area contributed by atoms with Gasteiger partial charge in [0.25, 0.3) is 0 Å². The second kappa shape index (κ2) is 6.80. The zero-order valence-electron chi connectivity index (χ0n) is 14.7. The first-order valence-corrected chi connectivity index (χ1v) is 9.63. The molecule has 3 rings (SSSR count). The van der Waals surface area contributed by atoms with E-state index in [0.717, 1.165) is 5.56 Å². The number of hydrogen-bond acceptors (Lipinski definition) is 6. The fraction of sp³-hybridized carbons (Fsp3) is 0.222. The van der Waals surface area contributed by atoms with E-state index in [0.29, 0.717) is 22.3 Å². The van der Waals surface area contributed by atoms with Crippen LogP contribution in [0.5, 0.6) is 0 Å². The molecule has 0 aliphatic rings. The van der Waals surface area contributed by atoms with Crippen LogP contribution in [-0.4, -0.2) is 40.6 Å². The van der Waals surface area contributed by atoms with Gasteiger partial charge in [0.15, 0.2) is 0 Å². The van der Waals surface area contributed by atoms with Gasteiger partial charge in [0.1, 0.15) is 5.71 Å². The first-order chi connectivity index (χ1) is 12.4. The number of aromatic nitrogens is 2. The number of oxime groups is 1. The normalized spacial score (nSPS) is 12.7. The van der Waals surface area contributed by atoms with Gasteiger partial charge in [-0.05, 0) is 26.0 Å². The summed E-state index contributed by atoms with van der Waals surface area (Å²) in [5.41, 5.74) is 2.63. The maximum Gasteiger partial charge on any atom is 0.244 e. The minimum atomic E-state index is -3.63. The summed E-state index contributed by atoms with van der Waals surface area (Å²) >= 11 is 0. The van der Waals surface area contributed by atoms with Gasteiger partial charge < -0.3 is 10.5 Å². The standard InChI is InChI=1S/C18H20N4O3S/c1-12(2)26(24,25)22-16-11-14(9-10-15(16)20-18(22)19-3)17(21-23)13-7-5-4-6-8-13/h4-12,23H,1-3H3,(H,19,20)/b21-17+. The molecule has 1 aromatic heterocycles. The van der Waals surface area contributed by atoms with Crippen molar-refractivity contribution >= 4 is 32.7 Å². The molecule has 0 spiro atoms. The molecule has 0 aliphatic carbocycles. The summed E-state index contributed by atoms with van der Waals surface area (Å²) in [5, 5.41) is 15.1. The summed E-state index contributed by atoms with van der Waals surface area (Å²) < 4.78 is 26.8. The Labute approximate surface area is 152 Å². The Bertz CT molecular complexity index is 1070. The van der Waals surface area contributed by atoms with Gasteiger partial charge in [0, 0.05) is 18.2 Å². The van der Waals surface area contributed by atoms with Gasteiger partial charge in [-0.2, -0.15) is 0 Å². The molecule has 136 valence electrons. The molecule has 0 aliphatic heterocycles. The van der Waals surface area contributed by atoms with Gasteiger partial charge in [0.05, 0.1) is 16.3 Å². The smallest absolute Gasteiger partial charge is 0.244 e. The van der Waals surface area contributed by atoms with Crippen molar-refractivity contribution in [1.29, 1.82) is 0 Å². The molecule has 0 saturated carbocycles. The van der Waals surface area contributed by atoms with Crippen molar-refractivity contribution in [3.05, 3.63) is 59.7 Å². The van der Waals surface area contributed by atoms with Crippen LogP contribution >= 0.6 is 0 Å². The van der Waals surface area contributed by atoms with Gasteiger partial charge in [-0.1, -0.05) is 41.6 Å². The Hall–Kier alpha value is -2.87. The number of rotatable bonds is 5. The number of nitrogens with one attached hydrogen (secondary N) is 1. The predicted octanol–water partition coefficient (Wildman–Crippen LogP) is 2.89. The van der Waals surface area contributed by atoms with Gasteiger partial charge in [-0.15, -0.1) is 0 Å². The molecule has 1 heterocycles. The van der Waals surface area contributed by atoms with Crippen LogP contribution in [0.4, 0.5) is 5.95 Å². The highest BCUT2D eigenvalue weighted by Crippen LogP contribution is 2.26. The van der Waals surface area contributed by atoms with E-state index in [1.54, 1.807) is 39.1 Å². The number of imidazole rings is 1. The van der Waals surface area contributed by atoms with E-state index in [9.17, 15) is 13.6 Å². The van der Waals surface area contributed by atoms with Crippen LogP contribution in [0.2, 0.25) is 0 Å². The lowest BCUT2D eigenvalue weighted by atomic mass is 10.0. The van der Waals surface area contributed by atoms with Gasteiger partial charge in [-0.3, -0.25) is 0 Å². The molecule has 2 N–H and O–H groups in total. The molecule has 0 unspecified atom stereocenters. The fourth-order valence-electron chi connectivity index (χ4n) is 2.71. The first-order valence-electron chi connectivity index (χ1n) is 8.12. The van der Waals surface area contributed by atoms with Crippen molar-refractivity contribution in [2.24, 2.45) is 5.16 Å². The molecule has 8 heteroatoms. The molecule has 3 aromatic rings. The van der Waals surface area contributed by atoms with Crippen molar-refractivity contribution in [3.63, 3.8) is 0 Å². The molecule has 26 heavy (non-hydrogen) atoms. The van der Waals surface area contributed by atoms with E-state index in [-0.39, 0.29) is 5.95 Å². The number of hydrogen-bond donors (Lipinski definition) is 2. The Balaban J connectivity index is 2.26. The topological polar surface area (TPSA) is 96.6 Å². The lowest BCUT2D eigenvalue weighted by molar-refractivity contribution is 0.319. The van der Waals surface area contributed by atoms with Crippen molar-refractivity contribution < 1.29 is 13.6 Å². The number of nitrogens with zero attached hydrogens (tertiary/aromatic N) is 3. The minimum absolute atomic E-state index is 0.244. The second-order valence-corrected chi connectivity index (χ2v) is 8.40. The van der Waals surface area contributed by atoms with Crippen LogP contribution in [0.3, 0.4) is 0 Å². The lowest BCUT2D eigenvalue weighted by Gasteiger charge is -2.13. The number of anilines is 1. The number of fused-ring (bicyclic) bond motifs is 1.